The number of amides is 2. The smallest absolute Gasteiger partial charge is 0.244 e. The Hall–Kier alpha value is -1.88. The second-order valence-electron chi connectivity index (χ2n) is 5.79. The maximum Gasteiger partial charge on any atom is 0.244 e. The Kier molecular flexibility index (Phi) is 4.63. The number of nitrogens with one attached hydrogen (secondary N) is 1. The molecule has 114 valence electrons. The van der Waals surface area contributed by atoms with Crippen molar-refractivity contribution in [3.05, 3.63) is 24.3 Å². The van der Waals surface area contributed by atoms with Gasteiger partial charge in [-0.05, 0) is 31.9 Å². The van der Waals surface area contributed by atoms with Gasteiger partial charge in [0.25, 0.3) is 0 Å². The molecule has 1 atom stereocenters. The number of nitrogens with two attached hydrogens (primary N) is 1. The summed E-state index contributed by atoms with van der Waals surface area (Å²) in [5.74, 6) is -0.121. The number of nitrogens with zero attached hydrogens (tertiary/aromatic N) is 1. The van der Waals surface area contributed by atoms with Crippen LogP contribution < -0.4 is 16.0 Å². The summed E-state index contributed by atoms with van der Waals surface area (Å²) >= 11 is 0. The van der Waals surface area contributed by atoms with Gasteiger partial charge in [0.1, 0.15) is 0 Å². The number of anilines is 2. The van der Waals surface area contributed by atoms with Crippen LogP contribution in [0.4, 0.5) is 11.4 Å². The summed E-state index contributed by atoms with van der Waals surface area (Å²) in [5, 5.41) is 2.88. The molecule has 5 heteroatoms. The predicted molar refractivity (Wildman–Crippen MR) is 84.2 cm³/mol. The van der Waals surface area contributed by atoms with Crippen molar-refractivity contribution in [2.45, 2.75) is 45.1 Å². The molecule has 1 aliphatic heterocycles. The van der Waals surface area contributed by atoms with Gasteiger partial charge in [-0.2, -0.15) is 0 Å². The van der Waals surface area contributed by atoms with Gasteiger partial charge in [-0.3, -0.25) is 9.59 Å². The lowest BCUT2D eigenvalue weighted by Crippen LogP contribution is -2.48. The molecule has 1 saturated heterocycles. The van der Waals surface area contributed by atoms with Crippen LogP contribution in [0.5, 0.6) is 0 Å². The molecule has 3 N–H and O–H groups in total. The Morgan fingerprint density at radius 1 is 1.43 bits per heavy atom. The Labute approximate surface area is 125 Å². The van der Waals surface area contributed by atoms with E-state index in [1.165, 1.54) is 0 Å². The fourth-order valence-corrected chi connectivity index (χ4v) is 2.62. The van der Waals surface area contributed by atoms with Gasteiger partial charge in [0.15, 0.2) is 0 Å². The molecule has 2 amide bonds. The van der Waals surface area contributed by atoms with Crippen molar-refractivity contribution in [1.29, 1.82) is 0 Å². The quantitative estimate of drug-likeness (QED) is 0.873. The summed E-state index contributed by atoms with van der Waals surface area (Å²) in [4.78, 5) is 26.0. The highest BCUT2D eigenvalue weighted by molar-refractivity contribution is 6.04. The molecular weight excluding hydrogens is 266 g/mol. The van der Waals surface area contributed by atoms with Crippen molar-refractivity contribution in [3.8, 4) is 0 Å². The molecule has 0 aromatic heterocycles. The minimum Gasteiger partial charge on any atom is -0.323 e. The molecular formula is C16H23N3O2. The minimum absolute atomic E-state index is 0.0979. The van der Waals surface area contributed by atoms with E-state index in [-0.39, 0.29) is 11.8 Å². The molecule has 5 nitrogen and oxygen atoms in total. The molecule has 1 unspecified atom stereocenters. The summed E-state index contributed by atoms with van der Waals surface area (Å²) in [6.07, 6.45) is 2.87. The van der Waals surface area contributed by atoms with Crippen molar-refractivity contribution >= 4 is 23.2 Å². The number of hydrogen-bond donors (Lipinski definition) is 2. The molecule has 0 saturated carbocycles. The van der Waals surface area contributed by atoms with Crippen molar-refractivity contribution in [2.24, 2.45) is 5.73 Å². The first-order valence-electron chi connectivity index (χ1n) is 7.45. The van der Waals surface area contributed by atoms with Gasteiger partial charge in [0.05, 0.1) is 16.9 Å². The molecule has 0 aliphatic carbocycles. The number of rotatable bonds is 5. The third kappa shape index (κ3) is 3.42. The topological polar surface area (TPSA) is 75.4 Å². The summed E-state index contributed by atoms with van der Waals surface area (Å²) in [6.45, 7) is 4.42. The summed E-state index contributed by atoms with van der Waals surface area (Å²) < 4.78 is 0. The first-order chi connectivity index (χ1) is 9.95. The first kappa shape index (κ1) is 15.5. The van der Waals surface area contributed by atoms with Crippen LogP contribution in [0.3, 0.4) is 0 Å². The molecule has 0 bridgehead atoms. The van der Waals surface area contributed by atoms with E-state index in [1.54, 1.807) is 17.9 Å². The SMILES string of the molecule is CCCC(C)(N)C(=O)Nc1ccccc1N1CCCC1=O. The fraction of sp³-hybridized carbons (Fsp3) is 0.500. The van der Waals surface area contributed by atoms with Crippen LogP contribution in [0.2, 0.25) is 0 Å². The van der Waals surface area contributed by atoms with Gasteiger partial charge in [-0.25, -0.2) is 0 Å². The maximum absolute atomic E-state index is 12.3. The average molecular weight is 289 g/mol. The molecule has 2 rings (SSSR count). The Morgan fingerprint density at radius 3 is 2.76 bits per heavy atom. The first-order valence-corrected chi connectivity index (χ1v) is 7.45. The Balaban J connectivity index is 2.21. The molecule has 1 heterocycles. The molecule has 0 spiro atoms. The predicted octanol–water partition coefficient (Wildman–Crippen LogP) is 2.27. The molecule has 1 fully saturated rings. The third-order valence-electron chi connectivity index (χ3n) is 3.80. The molecule has 21 heavy (non-hydrogen) atoms. The zero-order valence-corrected chi connectivity index (χ0v) is 12.7. The largest absolute Gasteiger partial charge is 0.323 e. The molecule has 1 aliphatic rings. The number of para-hydroxylation sites is 2. The van der Waals surface area contributed by atoms with E-state index >= 15 is 0 Å². The fourth-order valence-electron chi connectivity index (χ4n) is 2.62. The molecule has 0 radical (unpaired) electrons. The summed E-state index contributed by atoms with van der Waals surface area (Å²) in [5.41, 5.74) is 6.55. The highest BCUT2D eigenvalue weighted by Gasteiger charge is 2.29. The Bertz CT molecular complexity index is 540. The van der Waals surface area contributed by atoms with Crippen molar-refractivity contribution in [1.82, 2.24) is 0 Å². The van der Waals surface area contributed by atoms with Gasteiger partial charge >= 0.3 is 0 Å². The van der Waals surface area contributed by atoms with E-state index in [9.17, 15) is 9.59 Å². The van der Waals surface area contributed by atoms with E-state index in [1.807, 2.05) is 25.1 Å². The van der Waals surface area contributed by atoms with E-state index in [4.69, 9.17) is 5.73 Å². The average Bonchev–Trinajstić information content (AvgIpc) is 2.85. The van der Waals surface area contributed by atoms with Crippen LogP contribution in [0.1, 0.15) is 39.5 Å². The van der Waals surface area contributed by atoms with E-state index < -0.39 is 5.54 Å². The van der Waals surface area contributed by atoms with E-state index in [2.05, 4.69) is 5.32 Å². The minimum atomic E-state index is -0.906. The van der Waals surface area contributed by atoms with Crippen molar-refractivity contribution in [3.63, 3.8) is 0 Å². The van der Waals surface area contributed by atoms with Gasteiger partial charge in [0, 0.05) is 13.0 Å². The molecule has 1 aromatic rings. The van der Waals surface area contributed by atoms with Gasteiger partial charge in [-0.15, -0.1) is 0 Å². The second kappa shape index (κ2) is 6.26. The van der Waals surface area contributed by atoms with E-state index in [0.717, 1.165) is 18.5 Å². The third-order valence-corrected chi connectivity index (χ3v) is 3.80. The van der Waals surface area contributed by atoms with Crippen LogP contribution in [-0.4, -0.2) is 23.9 Å². The van der Waals surface area contributed by atoms with Crippen molar-refractivity contribution in [2.75, 3.05) is 16.8 Å². The number of hydrogen-bond acceptors (Lipinski definition) is 3. The zero-order chi connectivity index (χ0) is 15.5. The maximum atomic E-state index is 12.3. The number of carbonyl (C=O) groups is 2. The van der Waals surface area contributed by atoms with E-state index in [0.29, 0.717) is 25.1 Å². The second-order valence-corrected chi connectivity index (χ2v) is 5.79. The highest BCUT2D eigenvalue weighted by Crippen LogP contribution is 2.30. The van der Waals surface area contributed by atoms with Crippen LogP contribution >= 0.6 is 0 Å². The number of benzene rings is 1. The van der Waals surface area contributed by atoms with Crippen LogP contribution in [-0.2, 0) is 9.59 Å². The Morgan fingerprint density at radius 2 is 2.14 bits per heavy atom. The van der Waals surface area contributed by atoms with Crippen molar-refractivity contribution < 1.29 is 9.59 Å². The monoisotopic (exact) mass is 289 g/mol. The molecule has 1 aromatic carbocycles. The van der Waals surface area contributed by atoms with Crippen LogP contribution in [0.15, 0.2) is 24.3 Å². The zero-order valence-electron chi connectivity index (χ0n) is 12.7. The lowest BCUT2D eigenvalue weighted by Gasteiger charge is -2.25. The standard InChI is InChI=1S/C16H23N3O2/c1-3-10-16(2,17)15(21)18-12-7-4-5-8-13(12)19-11-6-9-14(19)20/h4-5,7-8H,3,6,9-11,17H2,1-2H3,(H,18,21). The summed E-state index contributed by atoms with van der Waals surface area (Å²) in [6, 6.07) is 7.37. The summed E-state index contributed by atoms with van der Waals surface area (Å²) in [7, 11) is 0. The van der Waals surface area contributed by atoms with Crippen LogP contribution in [0, 0.1) is 0 Å². The number of carbonyl (C=O) groups excluding carboxylic acids is 2. The van der Waals surface area contributed by atoms with Crippen LogP contribution in [0.25, 0.3) is 0 Å². The van der Waals surface area contributed by atoms with Gasteiger partial charge < -0.3 is 16.0 Å². The highest BCUT2D eigenvalue weighted by atomic mass is 16.2. The van der Waals surface area contributed by atoms with Gasteiger partial charge in [0.2, 0.25) is 11.8 Å². The lowest BCUT2D eigenvalue weighted by atomic mass is 9.96. The van der Waals surface area contributed by atoms with Gasteiger partial charge in [-0.1, -0.05) is 25.5 Å². The lowest BCUT2D eigenvalue weighted by molar-refractivity contribution is -0.121. The normalized spacial score (nSPS) is 17.7.